The first-order chi connectivity index (χ1) is 20.7. The molecule has 11 nitrogen and oxygen atoms in total. The Morgan fingerprint density at radius 1 is 1.12 bits per heavy atom. The van der Waals surface area contributed by atoms with Crippen molar-refractivity contribution >= 4 is 22.9 Å². The number of nitrogen functional groups attached to an aromatic ring is 1. The number of hydrogen-bond donors (Lipinski definition) is 2. The maximum Gasteiger partial charge on any atom is 0.335 e. The van der Waals surface area contributed by atoms with Gasteiger partial charge in [-0.2, -0.15) is 5.26 Å². The lowest BCUT2D eigenvalue weighted by Gasteiger charge is -2.27. The number of para-hydroxylation sites is 1. The number of fused-ring (bicyclic) bond motifs is 1. The van der Waals surface area contributed by atoms with Gasteiger partial charge in [0.15, 0.2) is 11.5 Å². The number of rotatable bonds is 9. The smallest absolute Gasteiger partial charge is 0.335 e. The molecule has 2 aromatic heterocycles. The van der Waals surface area contributed by atoms with Crippen molar-refractivity contribution in [1.82, 2.24) is 29.3 Å². The Kier molecular flexibility index (Phi) is 7.46. The molecule has 6 rings (SSSR count). The van der Waals surface area contributed by atoms with Crippen LogP contribution in [0.4, 0.5) is 5.82 Å². The van der Waals surface area contributed by atoms with E-state index < -0.39 is 5.54 Å². The summed E-state index contributed by atoms with van der Waals surface area (Å²) in [4.78, 5) is 37.8. The summed E-state index contributed by atoms with van der Waals surface area (Å²) in [6.07, 6.45) is 6.72. The molecule has 1 atom stereocenters. The summed E-state index contributed by atoms with van der Waals surface area (Å²) in [6.45, 7) is 4.65. The average Bonchev–Trinajstić information content (AvgIpc) is 3.59. The normalized spacial score (nSPS) is 17.3. The number of imidazole rings is 1. The van der Waals surface area contributed by atoms with Gasteiger partial charge >= 0.3 is 5.69 Å². The predicted octanol–water partition coefficient (Wildman–Crippen LogP) is 3.93. The number of anilines is 1. The van der Waals surface area contributed by atoms with Gasteiger partial charge in [-0.1, -0.05) is 18.2 Å². The summed E-state index contributed by atoms with van der Waals surface area (Å²) < 4.78 is 8.95. The molecule has 11 heteroatoms. The molecule has 0 radical (unpaired) electrons. The van der Waals surface area contributed by atoms with Crippen LogP contribution in [0.1, 0.15) is 39.5 Å². The fraction of sp³-hybridized carbons (Fsp3) is 0.344. The Morgan fingerprint density at radius 2 is 1.84 bits per heavy atom. The molecular formula is C32H34N8O3. The lowest BCUT2D eigenvalue weighted by molar-refractivity contribution is -0.127. The summed E-state index contributed by atoms with van der Waals surface area (Å²) in [6, 6.07) is 18.8. The monoisotopic (exact) mass is 578 g/mol. The average molecular weight is 579 g/mol. The van der Waals surface area contributed by atoms with Gasteiger partial charge in [0.25, 0.3) is 5.91 Å². The van der Waals surface area contributed by atoms with E-state index in [0.29, 0.717) is 47.4 Å². The van der Waals surface area contributed by atoms with Gasteiger partial charge in [-0.3, -0.25) is 13.9 Å². The molecule has 1 aliphatic heterocycles. The zero-order valence-electron chi connectivity index (χ0n) is 24.2. The summed E-state index contributed by atoms with van der Waals surface area (Å²) in [7, 11) is 0. The minimum absolute atomic E-state index is 0.101. The van der Waals surface area contributed by atoms with Crippen molar-refractivity contribution in [2.75, 3.05) is 12.3 Å². The maximum atomic E-state index is 14.0. The number of hydrogen-bond acceptors (Lipinski definition) is 8. The number of benzene rings is 2. The van der Waals surface area contributed by atoms with Crippen LogP contribution < -0.4 is 21.5 Å². The third kappa shape index (κ3) is 5.87. The minimum atomic E-state index is -0.488. The van der Waals surface area contributed by atoms with Crippen LogP contribution in [0.25, 0.3) is 16.9 Å². The van der Waals surface area contributed by atoms with E-state index in [1.165, 1.54) is 10.9 Å². The maximum absolute atomic E-state index is 14.0. The number of ether oxygens (including phenoxy) is 1. The van der Waals surface area contributed by atoms with Crippen molar-refractivity contribution in [2.45, 2.75) is 63.7 Å². The van der Waals surface area contributed by atoms with E-state index in [-0.39, 0.29) is 35.6 Å². The van der Waals surface area contributed by atoms with Gasteiger partial charge in [0, 0.05) is 24.7 Å². The first-order valence-electron chi connectivity index (χ1n) is 14.5. The number of amides is 1. The van der Waals surface area contributed by atoms with E-state index in [1.54, 1.807) is 39.8 Å². The third-order valence-corrected chi connectivity index (χ3v) is 7.85. The van der Waals surface area contributed by atoms with Crippen LogP contribution in [0.2, 0.25) is 0 Å². The number of likely N-dealkylation sites (tertiary alicyclic amines) is 1. The predicted molar refractivity (Wildman–Crippen MR) is 163 cm³/mol. The molecule has 1 aliphatic carbocycles. The largest absolute Gasteiger partial charge is 0.457 e. The second kappa shape index (κ2) is 11.4. The Balaban J connectivity index is 1.30. The Hall–Kier alpha value is -4.95. The van der Waals surface area contributed by atoms with Crippen LogP contribution >= 0.6 is 0 Å². The lowest BCUT2D eigenvalue weighted by Crippen LogP contribution is -2.43. The van der Waals surface area contributed by atoms with Gasteiger partial charge < -0.3 is 20.7 Å². The molecule has 2 aliphatic rings. The van der Waals surface area contributed by atoms with E-state index >= 15 is 0 Å². The topological polar surface area (TPSA) is 144 Å². The molecule has 4 aromatic rings. The molecule has 220 valence electrons. The lowest BCUT2D eigenvalue weighted by atomic mass is 10.0. The number of nitriles is 1. The first-order valence-corrected chi connectivity index (χ1v) is 14.5. The fourth-order valence-corrected chi connectivity index (χ4v) is 5.75. The van der Waals surface area contributed by atoms with Crippen molar-refractivity contribution in [2.24, 2.45) is 0 Å². The number of nitrogens with one attached hydrogen (secondary N) is 1. The molecule has 3 heterocycles. The van der Waals surface area contributed by atoms with Crippen molar-refractivity contribution < 1.29 is 9.53 Å². The standard InChI is InChI=1S/C32H34N8O3/c1-32(2,37-22-10-11-22)17-21(18-33)30(41)38-16-6-7-24(38)19-39-29-27(28(34)35-20-36-29)40(31(39)42)23-12-14-26(15-13-23)43-25-8-4-3-5-9-25/h3-5,8-9,12-15,17,20,22,24,37H,6-7,10-11,16,19H2,1-2H3,(H2,34,35,36). The molecule has 0 bridgehead atoms. The molecule has 2 fully saturated rings. The highest BCUT2D eigenvalue weighted by Gasteiger charge is 2.34. The highest BCUT2D eigenvalue weighted by molar-refractivity contribution is 5.97. The third-order valence-electron chi connectivity index (χ3n) is 7.85. The number of nitrogens with two attached hydrogens (primary N) is 1. The molecular weight excluding hydrogens is 544 g/mol. The number of carbonyl (C=O) groups excluding carboxylic acids is 1. The molecule has 1 amide bonds. The fourth-order valence-electron chi connectivity index (χ4n) is 5.75. The molecule has 43 heavy (non-hydrogen) atoms. The number of carbonyl (C=O) groups is 1. The second-order valence-corrected chi connectivity index (χ2v) is 11.7. The highest BCUT2D eigenvalue weighted by Crippen LogP contribution is 2.28. The molecule has 1 saturated carbocycles. The molecule has 2 aromatic carbocycles. The highest BCUT2D eigenvalue weighted by atomic mass is 16.5. The van der Waals surface area contributed by atoms with Crippen molar-refractivity contribution in [3.05, 3.63) is 83.1 Å². The van der Waals surface area contributed by atoms with Gasteiger partial charge in [0.05, 0.1) is 11.7 Å². The van der Waals surface area contributed by atoms with Gasteiger partial charge in [0.2, 0.25) is 0 Å². The Morgan fingerprint density at radius 3 is 2.53 bits per heavy atom. The van der Waals surface area contributed by atoms with Gasteiger partial charge in [0.1, 0.15) is 35.0 Å². The van der Waals surface area contributed by atoms with Gasteiger partial charge in [-0.15, -0.1) is 0 Å². The van der Waals surface area contributed by atoms with Crippen LogP contribution in [0.15, 0.2) is 77.4 Å². The van der Waals surface area contributed by atoms with Crippen LogP contribution in [-0.2, 0) is 11.3 Å². The summed E-state index contributed by atoms with van der Waals surface area (Å²) in [5.74, 6) is 1.17. The van der Waals surface area contributed by atoms with Crippen molar-refractivity contribution in [3.8, 4) is 23.3 Å². The van der Waals surface area contributed by atoms with Gasteiger partial charge in [-0.25, -0.2) is 14.8 Å². The van der Waals surface area contributed by atoms with Crippen LogP contribution in [0, 0.1) is 11.3 Å². The molecule has 1 unspecified atom stereocenters. The first kappa shape index (κ1) is 28.2. The molecule has 3 N–H and O–H groups in total. The quantitative estimate of drug-likeness (QED) is 0.225. The Bertz CT molecular complexity index is 1780. The summed E-state index contributed by atoms with van der Waals surface area (Å²) in [5, 5.41) is 13.4. The summed E-state index contributed by atoms with van der Waals surface area (Å²) >= 11 is 0. The zero-order valence-corrected chi connectivity index (χ0v) is 24.2. The second-order valence-electron chi connectivity index (χ2n) is 11.7. The number of aromatic nitrogens is 4. The van der Waals surface area contributed by atoms with E-state index in [4.69, 9.17) is 10.5 Å². The van der Waals surface area contributed by atoms with Crippen molar-refractivity contribution in [3.63, 3.8) is 0 Å². The van der Waals surface area contributed by atoms with Crippen LogP contribution in [0.5, 0.6) is 11.5 Å². The number of nitrogens with zero attached hydrogens (tertiary/aromatic N) is 6. The van der Waals surface area contributed by atoms with Crippen LogP contribution in [0.3, 0.4) is 0 Å². The minimum Gasteiger partial charge on any atom is -0.457 e. The van der Waals surface area contributed by atoms with E-state index in [2.05, 4.69) is 21.4 Å². The van der Waals surface area contributed by atoms with E-state index in [9.17, 15) is 14.9 Å². The molecule has 0 spiro atoms. The van der Waals surface area contributed by atoms with E-state index in [1.807, 2.05) is 44.2 Å². The van der Waals surface area contributed by atoms with E-state index in [0.717, 1.165) is 19.3 Å². The van der Waals surface area contributed by atoms with Gasteiger partial charge in [-0.05, 0) is 82.0 Å². The zero-order chi connectivity index (χ0) is 30.1. The van der Waals surface area contributed by atoms with Crippen molar-refractivity contribution in [1.29, 1.82) is 5.26 Å². The SMILES string of the molecule is CC(C)(C=C(C#N)C(=O)N1CCCC1Cn1c(=O)n(-c2ccc(Oc3ccccc3)cc2)c2c(N)ncnc21)NC1CC1. The summed E-state index contributed by atoms with van der Waals surface area (Å²) in [5.41, 5.74) is 6.91. The Labute approximate surface area is 249 Å². The molecule has 1 saturated heterocycles. The van der Waals surface area contributed by atoms with Crippen LogP contribution in [-0.4, -0.2) is 54.1 Å².